The van der Waals surface area contributed by atoms with Gasteiger partial charge in [0.05, 0.1) is 6.61 Å². The van der Waals surface area contributed by atoms with Crippen LogP contribution in [-0.2, 0) is 5.41 Å². The molecule has 2 nitrogen and oxygen atoms in total. The summed E-state index contributed by atoms with van der Waals surface area (Å²) in [5, 5.41) is 10.9. The zero-order valence-corrected chi connectivity index (χ0v) is 11.2. The molecule has 90 valence electrons. The molecular formula is C13H14ClNOS. The van der Waals surface area contributed by atoms with Crippen molar-refractivity contribution in [2.75, 3.05) is 12.4 Å². The molecule has 1 aliphatic rings. The molecule has 1 aliphatic carbocycles. The van der Waals surface area contributed by atoms with Gasteiger partial charge in [-0.25, -0.2) is 0 Å². The van der Waals surface area contributed by atoms with Gasteiger partial charge in [0.15, 0.2) is 0 Å². The molecule has 4 heteroatoms. The van der Waals surface area contributed by atoms with Gasteiger partial charge in [-0.15, -0.1) is 11.6 Å². The predicted octanol–water partition coefficient (Wildman–Crippen LogP) is 3.55. The SMILES string of the molecule is CCOc1ccc(C2(CSC#N)CC2Cl)cc1. The first-order valence-electron chi connectivity index (χ1n) is 5.61. The van der Waals surface area contributed by atoms with Gasteiger partial charge < -0.3 is 4.74 Å². The number of nitriles is 1. The summed E-state index contributed by atoms with van der Waals surface area (Å²) in [4.78, 5) is 0. The van der Waals surface area contributed by atoms with Gasteiger partial charge in [0.25, 0.3) is 0 Å². The summed E-state index contributed by atoms with van der Waals surface area (Å²) in [6.45, 7) is 2.64. The van der Waals surface area contributed by atoms with Crippen LogP contribution in [0.5, 0.6) is 5.75 Å². The highest BCUT2D eigenvalue weighted by Gasteiger charge is 2.54. The molecular weight excluding hydrogens is 254 g/mol. The van der Waals surface area contributed by atoms with Crippen molar-refractivity contribution in [2.24, 2.45) is 0 Å². The van der Waals surface area contributed by atoms with Crippen molar-refractivity contribution in [1.82, 2.24) is 0 Å². The molecule has 0 aromatic heterocycles. The van der Waals surface area contributed by atoms with E-state index >= 15 is 0 Å². The van der Waals surface area contributed by atoms with Crippen molar-refractivity contribution >= 4 is 23.4 Å². The molecule has 0 N–H and O–H groups in total. The van der Waals surface area contributed by atoms with Crippen molar-refractivity contribution in [3.8, 4) is 11.2 Å². The fraction of sp³-hybridized carbons (Fsp3) is 0.462. The second kappa shape index (κ2) is 5.20. The normalized spacial score (nSPS) is 26.3. The van der Waals surface area contributed by atoms with Crippen molar-refractivity contribution in [3.05, 3.63) is 29.8 Å². The molecule has 1 aromatic carbocycles. The van der Waals surface area contributed by atoms with Gasteiger partial charge in [-0.3, -0.25) is 0 Å². The third kappa shape index (κ3) is 2.53. The number of thioether (sulfide) groups is 1. The summed E-state index contributed by atoms with van der Waals surface area (Å²) in [6, 6.07) is 8.07. The molecule has 0 amide bonds. The number of hydrogen-bond acceptors (Lipinski definition) is 3. The second-order valence-electron chi connectivity index (χ2n) is 4.17. The van der Waals surface area contributed by atoms with Gasteiger partial charge in [0.1, 0.15) is 11.2 Å². The lowest BCUT2D eigenvalue weighted by Gasteiger charge is -2.14. The fourth-order valence-electron chi connectivity index (χ4n) is 2.00. The van der Waals surface area contributed by atoms with Crippen LogP contribution in [0.3, 0.4) is 0 Å². The number of nitrogens with zero attached hydrogens (tertiary/aromatic N) is 1. The standard InChI is InChI=1S/C13H14ClNOS/c1-2-16-11-5-3-10(4-6-11)13(7-12(13)14)8-17-9-15/h3-6,12H,2,7-8H2,1H3. The van der Waals surface area contributed by atoms with Crippen LogP contribution in [0.1, 0.15) is 18.9 Å². The molecule has 0 aliphatic heterocycles. The van der Waals surface area contributed by atoms with Crippen LogP contribution in [0.25, 0.3) is 0 Å². The zero-order valence-electron chi connectivity index (χ0n) is 9.65. The van der Waals surface area contributed by atoms with E-state index in [1.165, 1.54) is 17.3 Å². The Kier molecular flexibility index (Phi) is 3.86. The minimum atomic E-state index is -0.00725. The number of hydrogen-bond donors (Lipinski definition) is 0. The quantitative estimate of drug-likeness (QED) is 0.604. The molecule has 0 radical (unpaired) electrons. The van der Waals surface area contributed by atoms with Crippen LogP contribution in [0, 0.1) is 10.7 Å². The Labute approximate surface area is 111 Å². The van der Waals surface area contributed by atoms with Gasteiger partial charge >= 0.3 is 0 Å². The molecule has 2 rings (SSSR count). The molecule has 0 heterocycles. The highest BCUT2D eigenvalue weighted by molar-refractivity contribution is 8.03. The Balaban J connectivity index is 2.13. The monoisotopic (exact) mass is 267 g/mol. The molecule has 1 saturated carbocycles. The van der Waals surface area contributed by atoms with Gasteiger partial charge in [0.2, 0.25) is 0 Å². The van der Waals surface area contributed by atoms with E-state index in [9.17, 15) is 0 Å². The van der Waals surface area contributed by atoms with Gasteiger partial charge in [-0.1, -0.05) is 12.1 Å². The summed E-state index contributed by atoms with van der Waals surface area (Å²) < 4.78 is 5.41. The van der Waals surface area contributed by atoms with Gasteiger partial charge in [-0.05, 0) is 42.8 Å². The van der Waals surface area contributed by atoms with Crippen LogP contribution in [0.15, 0.2) is 24.3 Å². The molecule has 2 atom stereocenters. The average Bonchev–Trinajstić information content (AvgIpc) is 3.00. The van der Waals surface area contributed by atoms with E-state index in [0.717, 1.165) is 17.9 Å². The predicted molar refractivity (Wildman–Crippen MR) is 71.6 cm³/mol. The first kappa shape index (κ1) is 12.6. The average molecular weight is 268 g/mol. The third-order valence-electron chi connectivity index (χ3n) is 3.12. The van der Waals surface area contributed by atoms with E-state index in [2.05, 4.69) is 17.5 Å². The minimum absolute atomic E-state index is 0.00725. The lowest BCUT2D eigenvalue weighted by Crippen LogP contribution is -2.13. The zero-order chi connectivity index (χ0) is 12.3. The number of benzene rings is 1. The summed E-state index contributed by atoms with van der Waals surface area (Å²) >= 11 is 7.51. The topological polar surface area (TPSA) is 33.0 Å². The highest BCUT2D eigenvalue weighted by Crippen LogP contribution is 2.54. The van der Waals surface area contributed by atoms with E-state index in [4.69, 9.17) is 21.6 Å². The van der Waals surface area contributed by atoms with E-state index in [1.54, 1.807) is 0 Å². The first-order chi connectivity index (χ1) is 8.23. The highest BCUT2D eigenvalue weighted by atomic mass is 35.5. The molecule has 2 unspecified atom stereocenters. The lowest BCUT2D eigenvalue weighted by atomic mass is 9.98. The molecule has 0 spiro atoms. The largest absolute Gasteiger partial charge is 0.494 e. The van der Waals surface area contributed by atoms with E-state index in [-0.39, 0.29) is 10.8 Å². The maximum atomic E-state index is 8.65. The van der Waals surface area contributed by atoms with Crippen LogP contribution in [0.4, 0.5) is 0 Å². The van der Waals surface area contributed by atoms with Gasteiger partial charge in [-0.2, -0.15) is 5.26 Å². The summed E-state index contributed by atoms with van der Waals surface area (Å²) in [7, 11) is 0. The van der Waals surface area contributed by atoms with Crippen LogP contribution < -0.4 is 4.74 Å². The summed E-state index contributed by atoms with van der Waals surface area (Å²) in [6.07, 6.45) is 0.956. The molecule has 0 saturated heterocycles. The maximum absolute atomic E-state index is 8.65. The maximum Gasteiger partial charge on any atom is 0.133 e. The summed E-state index contributed by atoms with van der Waals surface area (Å²) in [5.41, 5.74) is 1.20. The second-order valence-corrected chi connectivity index (χ2v) is 5.45. The van der Waals surface area contributed by atoms with E-state index < -0.39 is 0 Å². The number of rotatable bonds is 5. The number of halogens is 1. The summed E-state index contributed by atoms with van der Waals surface area (Å²) in [5.74, 6) is 1.65. The van der Waals surface area contributed by atoms with Crippen molar-refractivity contribution in [2.45, 2.75) is 24.1 Å². The van der Waals surface area contributed by atoms with Crippen molar-refractivity contribution in [3.63, 3.8) is 0 Å². The lowest BCUT2D eigenvalue weighted by molar-refractivity contribution is 0.340. The van der Waals surface area contributed by atoms with Gasteiger partial charge in [0, 0.05) is 16.5 Å². The minimum Gasteiger partial charge on any atom is -0.494 e. The first-order valence-corrected chi connectivity index (χ1v) is 7.03. The van der Waals surface area contributed by atoms with E-state index in [1.807, 2.05) is 19.1 Å². The molecule has 0 bridgehead atoms. The smallest absolute Gasteiger partial charge is 0.133 e. The van der Waals surface area contributed by atoms with Crippen LogP contribution in [0.2, 0.25) is 0 Å². The van der Waals surface area contributed by atoms with E-state index in [0.29, 0.717) is 6.61 Å². The van der Waals surface area contributed by atoms with Crippen LogP contribution >= 0.6 is 23.4 Å². The fourth-order valence-corrected chi connectivity index (χ4v) is 3.38. The van der Waals surface area contributed by atoms with Crippen LogP contribution in [-0.4, -0.2) is 17.7 Å². The van der Waals surface area contributed by atoms with Crippen molar-refractivity contribution < 1.29 is 4.74 Å². The Morgan fingerprint density at radius 1 is 1.53 bits per heavy atom. The Morgan fingerprint density at radius 2 is 2.18 bits per heavy atom. The number of alkyl halides is 1. The third-order valence-corrected chi connectivity index (χ3v) is 4.48. The number of ether oxygens (including phenoxy) is 1. The molecule has 1 fully saturated rings. The van der Waals surface area contributed by atoms with Crippen molar-refractivity contribution in [1.29, 1.82) is 5.26 Å². The Hall–Kier alpha value is -0.850. The molecule has 17 heavy (non-hydrogen) atoms. The Morgan fingerprint density at radius 3 is 2.65 bits per heavy atom. The number of thiocyanates is 1. The molecule has 1 aromatic rings. The Bertz CT molecular complexity index is 428.